The van der Waals surface area contributed by atoms with Crippen molar-refractivity contribution in [3.63, 3.8) is 0 Å². The van der Waals surface area contributed by atoms with Gasteiger partial charge in [0.1, 0.15) is 0 Å². The molecule has 5 heteroatoms. The van der Waals surface area contributed by atoms with Crippen LogP contribution in [-0.2, 0) is 19.9 Å². The van der Waals surface area contributed by atoms with E-state index in [9.17, 15) is 5.11 Å². The largest absolute Gasteiger partial charge is 0.392 e. The Morgan fingerprint density at radius 2 is 1.95 bits per heavy atom. The Labute approximate surface area is 129 Å². The predicted octanol–water partition coefficient (Wildman–Crippen LogP) is 3.40. The molecule has 102 valence electrons. The van der Waals surface area contributed by atoms with Crippen molar-refractivity contribution in [2.45, 2.75) is 25.9 Å². The van der Waals surface area contributed by atoms with E-state index in [1.165, 1.54) is 0 Å². The lowest BCUT2D eigenvalue weighted by Crippen LogP contribution is -2.16. The van der Waals surface area contributed by atoms with Crippen molar-refractivity contribution in [3.8, 4) is 0 Å². The number of rotatable bonds is 4. The summed E-state index contributed by atoms with van der Waals surface area (Å²) in [6.07, 6.45) is 0.780. The van der Waals surface area contributed by atoms with Gasteiger partial charge < -0.3 is 5.11 Å². The van der Waals surface area contributed by atoms with Crippen LogP contribution >= 0.6 is 31.9 Å². The molecular formula is C14H16Br2N2O. The molecule has 1 heterocycles. The van der Waals surface area contributed by atoms with Gasteiger partial charge in [0.25, 0.3) is 0 Å². The predicted molar refractivity (Wildman–Crippen MR) is 83.2 cm³/mol. The summed E-state index contributed by atoms with van der Waals surface area (Å²) in [5.74, 6) is 0. The first-order valence-electron chi connectivity index (χ1n) is 6.08. The van der Waals surface area contributed by atoms with Crippen LogP contribution in [0.3, 0.4) is 0 Å². The second-order valence-corrected chi connectivity index (χ2v) is 6.27. The van der Waals surface area contributed by atoms with Crippen LogP contribution in [0.15, 0.2) is 33.2 Å². The van der Waals surface area contributed by atoms with Gasteiger partial charge in [0, 0.05) is 17.9 Å². The van der Waals surface area contributed by atoms with Gasteiger partial charge in [-0.2, -0.15) is 5.10 Å². The van der Waals surface area contributed by atoms with E-state index in [4.69, 9.17) is 0 Å². The highest BCUT2D eigenvalue weighted by Gasteiger charge is 2.16. The topological polar surface area (TPSA) is 38.0 Å². The third kappa shape index (κ3) is 3.46. The van der Waals surface area contributed by atoms with Gasteiger partial charge in [0.2, 0.25) is 0 Å². The quantitative estimate of drug-likeness (QED) is 0.872. The summed E-state index contributed by atoms with van der Waals surface area (Å²) in [7, 11) is 1.90. The first-order chi connectivity index (χ1) is 8.99. The lowest BCUT2D eigenvalue weighted by molar-refractivity contribution is 0.172. The maximum Gasteiger partial charge on any atom is 0.0738 e. The molecule has 0 spiro atoms. The van der Waals surface area contributed by atoms with E-state index in [1.807, 2.05) is 42.9 Å². The summed E-state index contributed by atoms with van der Waals surface area (Å²) in [5.41, 5.74) is 3.09. The van der Waals surface area contributed by atoms with Crippen molar-refractivity contribution >= 4 is 31.9 Å². The summed E-state index contributed by atoms with van der Waals surface area (Å²) >= 11 is 7.03. The minimum absolute atomic E-state index is 0.426. The van der Waals surface area contributed by atoms with E-state index < -0.39 is 6.10 Å². The third-order valence-corrected chi connectivity index (χ3v) is 4.91. The smallest absolute Gasteiger partial charge is 0.0738 e. The minimum Gasteiger partial charge on any atom is -0.392 e. The van der Waals surface area contributed by atoms with E-state index in [0.717, 1.165) is 25.9 Å². The van der Waals surface area contributed by atoms with Crippen molar-refractivity contribution in [2.75, 3.05) is 0 Å². The summed E-state index contributed by atoms with van der Waals surface area (Å²) in [6.45, 7) is 1.95. The molecule has 0 aliphatic rings. The fourth-order valence-electron chi connectivity index (χ4n) is 2.11. The molecule has 2 rings (SSSR count). The van der Waals surface area contributed by atoms with Crippen LogP contribution in [0.2, 0.25) is 0 Å². The van der Waals surface area contributed by atoms with Crippen LogP contribution in [0.5, 0.6) is 0 Å². The standard InChI is InChI=1S/C14H16Br2N2O/c1-9-14(16)13(18(2)17-9)8-11(19)7-10-5-3-4-6-12(10)15/h3-6,11,19H,7-8H2,1-2H3. The molecular weight excluding hydrogens is 372 g/mol. The SMILES string of the molecule is Cc1nn(C)c(CC(O)Cc2ccccc2Br)c1Br. The van der Waals surface area contributed by atoms with Crippen molar-refractivity contribution in [3.05, 3.63) is 50.2 Å². The Kier molecular flexibility index (Phi) is 4.81. The van der Waals surface area contributed by atoms with Gasteiger partial charge in [-0.3, -0.25) is 4.68 Å². The normalized spacial score (nSPS) is 12.7. The highest BCUT2D eigenvalue weighted by molar-refractivity contribution is 9.10. The fourth-order valence-corrected chi connectivity index (χ4v) is 3.06. The zero-order chi connectivity index (χ0) is 14.0. The van der Waals surface area contributed by atoms with Crippen LogP contribution < -0.4 is 0 Å². The van der Waals surface area contributed by atoms with Crippen molar-refractivity contribution in [2.24, 2.45) is 7.05 Å². The van der Waals surface area contributed by atoms with Gasteiger partial charge in [0.05, 0.1) is 22.0 Å². The molecule has 0 aliphatic carbocycles. The number of aliphatic hydroxyl groups excluding tert-OH is 1. The van der Waals surface area contributed by atoms with Crippen LogP contribution in [0.1, 0.15) is 17.0 Å². The van der Waals surface area contributed by atoms with Crippen LogP contribution in [0, 0.1) is 6.92 Å². The van der Waals surface area contributed by atoms with E-state index in [1.54, 1.807) is 0 Å². The van der Waals surface area contributed by atoms with Crippen LogP contribution in [0.4, 0.5) is 0 Å². The van der Waals surface area contributed by atoms with Crippen molar-refractivity contribution in [1.82, 2.24) is 9.78 Å². The average molecular weight is 388 g/mol. The molecule has 1 atom stereocenters. The lowest BCUT2D eigenvalue weighted by atomic mass is 10.0. The molecule has 0 saturated heterocycles. The zero-order valence-corrected chi connectivity index (χ0v) is 14.1. The average Bonchev–Trinajstić information content (AvgIpc) is 2.59. The summed E-state index contributed by atoms with van der Waals surface area (Å²) in [4.78, 5) is 0. The molecule has 0 bridgehead atoms. The number of aliphatic hydroxyl groups is 1. The first-order valence-corrected chi connectivity index (χ1v) is 7.67. The van der Waals surface area contributed by atoms with E-state index >= 15 is 0 Å². The second kappa shape index (κ2) is 6.20. The number of hydrogen-bond acceptors (Lipinski definition) is 2. The van der Waals surface area contributed by atoms with E-state index in [-0.39, 0.29) is 0 Å². The summed E-state index contributed by atoms with van der Waals surface area (Å²) < 4.78 is 3.85. The van der Waals surface area contributed by atoms with E-state index in [2.05, 4.69) is 37.0 Å². The molecule has 2 aromatic rings. The highest BCUT2D eigenvalue weighted by Crippen LogP contribution is 2.23. The molecule has 19 heavy (non-hydrogen) atoms. The van der Waals surface area contributed by atoms with Gasteiger partial charge in [-0.25, -0.2) is 0 Å². The first kappa shape index (κ1) is 14.8. The number of nitrogens with zero attached hydrogens (tertiary/aromatic N) is 2. The Morgan fingerprint density at radius 3 is 2.53 bits per heavy atom. The molecule has 1 N–H and O–H groups in total. The number of benzene rings is 1. The van der Waals surface area contributed by atoms with Crippen LogP contribution in [0.25, 0.3) is 0 Å². The molecule has 0 saturated carbocycles. The number of aryl methyl sites for hydroxylation is 2. The summed E-state index contributed by atoms with van der Waals surface area (Å²) in [6, 6.07) is 7.97. The Balaban J connectivity index is 2.10. The molecule has 1 aromatic carbocycles. The van der Waals surface area contributed by atoms with Gasteiger partial charge in [-0.05, 0) is 40.9 Å². The van der Waals surface area contributed by atoms with Gasteiger partial charge >= 0.3 is 0 Å². The highest BCUT2D eigenvalue weighted by atomic mass is 79.9. The molecule has 3 nitrogen and oxygen atoms in total. The van der Waals surface area contributed by atoms with Gasteiger partial charge in [-0.1, -0.05) is 34.1 Å². The number of hydrogen-bond donors (Lipinski definition) is 1. The maximum atomic E-state index is 10.3. The lowest BCUT2D eigenvalue weighted by Gasteiger charge is -2.12. The third-order valence-electron chi connectivity index (χ3n) is 3.10. The minimum atomic E-state index is -0.426. The maximum absolute atomic E-state index is 10.3. The number of aromatic nitrogens is 2. The Bertz CT molecular complexity index is 581. The van der Waals surface area contributed by atoms with Crippen LogP contribution in [-0.4, -0.2) is 21.0 Å². The number of halogens is 2. The molecule has 0 aliphatic heterocycles. The molecule has 0 radical (unpaired) electrons. The van der Waals surface area contributed by atoms with Gasteiger partial charge in [-0.15, -0.1) is 0 Å². The fraction of sp³-hybridized carbons (Fsp3) is 0.357. The monoisotopic (exact) mass is 386 g/mol. The zero-order valence-electron chi connectivity index (χ0n) is 10.9. The Morgan fingerprint density at radius 1 is 1.26 bits per heavy atom. The molecule has 1 unspecified atom stereocenters. The molecule has 0 fully saturated rings. The van der Waals surface area contributed by atoms with Gasteiger partial charge in [0.15, 0.2) is 0 Å². The van der Waals surface area contributed by atoms with Crippen molar-refractivity contribution in [1.29, 1.82) is 0 Å². The Hall–Kier alpha value is -0.650. The second-order valence-electron chi connectivity index (χ2n) is 4.62. The molecule has 1 aromatic heterocycles. The van der Waals surface area contributed by atoms with Crippen molar-refractivity contribution < 1.29 is 5.11 Å². The van der Waals surface area contributed by atoms with E-state index in [0.29, 0.717) is 12.8 Å². The molecule has 0 amide bonds. The summed E-state index contributed by atoms with van der Waals surface area (Å²) in [5, 5.41) is 14.6.